The minimum absolute atomic E-state index is 0.415. The molecule has 8 heteroatoms. The lowest BCUT2D eigenvalue weighted by atomic mass is 10.2. The van der Waals surface area contributed by atoms with Crippen LogP contribution in [-0.4, -0.2) is 26.2 Å². The molecular weight excluding hydrogens is 645 g/mol. The molecule has 2 N–H and O–H groups in total. The SMILES string of the molecule is Cc1ccc(N(C(=O)Nc2ccccc2)/C(=C(\N(C)c2ccccc2)N(C(=O)Nc2ccccc2)c2ccc(C)cc2)N(C)c2ccccc2)cc1. The van der Waals surface area contributed by atoms with Crippen LogP contribution in [0.5, 0.6) is 0 Å². The fraction of sp³-hybridized carbons (Fsp3) is 0.0909. The lowest BCUT2D eigenvalue weighted by Crippen LogP contribution is -2.49. The fourth-order valence-corrected chi connectivity index (χ4v) is 5.81. The average Bonchev–Trinajstić information content (AvgIpc) is 3.18. The Morgan fingerprint density at radius 3 is 0.981 bits per heavy atom. The van der Waals surface area contributed by atoms with Gasteiger partial charge in [-0.3, -0.25) is 0 Å². The number of nitrogens with zero attached hydrogens (tertiary/aromatic N) is 4. The second-order valence-corrected chi connectivity index (χ2v) is 12.4. The zero-order valence-electron chi connectivity index (χ0n) is 29.8. The molecule has 52 heavy (non-hydrogen) atoms. The normalized spacial score (nSPS) is 11.2. The molecule has 6 aromatic rings. The van der Waals surface area contributed by atoms with Crippen LogP contribution in [0.4, 0.5) is 43.7 Å². The summed E-state index contributed by atoms with van der Waals surface area (Å²) in [7, 11) is 3.81. The molecule has 0 aliphatic rings. The summed E-state index contributed by atoms with van der Waals surface area (Å²) in [5, 5.41) is 6.24. The molecule has 0 atom stereocenters. The van der Waals surface area contributed by atoms with Gasteiger partial charge in [-0.2, -0.15) is 0 Å². The molecule has 0 aliphatic heterocycles. The van der Waals surface area contributed by atoms with Gasteiger partial charge in [0.15, 0.2) is 11.6 Å². The van der Waals surface area contributed by atoms with Crippen LogP contribution in [0.1, 0.15) is 11.1 Å². The van der Waals surface area contributed by atoms with E-state index in [-0.39, 0.29) is 0 Å². The maximum absolute atomic E-state index is 14.9. The van der Waals surface area contributed by atoms with E-state index >= 15 is 0 Å². The number of urea groups is 2. The van der Waals surface area contributed by atoms with Gasteiger partial charge < -0.3 is 20.4 Å². The van der Waals surface area contributed by atoms with E-state index in [2.05, 4.69) is 10.6 Å². The van der Waals surface area contributed by atoms with Gasteiger partial charge in [-0.1, -0.05) is 108 Å². The zero-order chi connectivity index (χ0) is 36.5. The molecule has 260 valence electrons. The predicted octanol–water partition coefficient (Wildman–Crippen LogP) is 10.5. The molecule has 0 saturated carbocycles. The summed E-state index contributed by atoms with van der Waals surface area (Å²) in [5.41, 5.74) is 6.13. The molecule has 0 fully saturated rings. The average molecular weight is 687 g/mol. The van der Waals surface area contributed by atoms with E-state index in [1.165, 1.54) is 0 Å². The van der Waals surface area contributed by atoms with E-state index in [9.17, 15) is 9.59 Å². The van der Waals surface area contributed by atoms with Crippen LogP contribution in [0.15, 0.2) is 182 Å². The summed E-state index contributed by atoms with van der Waals surface area (Å²) in [6.07, 6.45) is 0. The lowest BCUT2D eigenvalue weighted by molar-refractivity contribution is 0.256. The van der Waals surface area contributed by atoms with Crippen LogP contribution in [0.3, 0.4) is 0 Å². The summed E-state index contributed by atoms with van der Waals surface area (Å²) < 4.78 is 0. The van der Waals surface area contributed by atoms with Crippen molar-refractivity contribution in [2.45, 2.75) is 13.8 Å². The molecule has 4 amide bonds. The van der Waals surface area contributed by atoms with Crippen molar-refractivity contribution < 1.29 is 9.59 Å². The number of aryl methyl sites for hydroxylation is 2. The second kappa shape index (κ2) is 16.3. The van der Waals surface area contributed by atoms with Gasteiger partial charge in [-0.15, -0.1) is 0 Å². The third-order valence-electron chi connectivity index (χ3n) is 8.59. The summed E-state index contributed by atoms with van der Waals surface area (Å²) >= 11 is 0. The van der Waals surface area contributed by atoms with E-state index in [0.29, 0.717) is 34.4 Å². The first kappa shape index (κ1) is 35.0. The van der Waals surface area contributed by atoms with Gasteiger partial charge in [0.25, 0.3) is 0 Å². The number of anilines is 6. The third kappa shape index (κ3) is 8.14. The molecule has 0 unspecified atom stereocenters. The highest BCUT2D eigenvalue weighted by atomic mass is 16.2. The van der Waals surface area contributed by atoms with Crippen molar-refractivity contribution in [3.63, 3.8) is 0 Å². The molecule has 6 aromatic carbocycles. The number of rotatable bonds is 10. The van der Waals surface area contributed by atoms with Crippen LogP contribution in [0, 0.1) is 13.8 Å². The van der Waals surface area contributed by atoms with Gasteiger partial charge in [0.05, 0.1) is 11.4 Å². The van der Waals surface area contributed by atoms with Crippen molar-refractivity contribution in [3.05, 3.63) is 193 Å². The molecular formula is C44H42N6O2. The van der Waals surface area contributed by atoms with E-state index in [0.717, 1.165) is 22.5 Å². The van der Waals surface area contributed by atoms with Crippen molar-refractivity contribution >= 4 is 46.2 Å². The number of carbonyl (C=O) groups excluding carboxylic acids is 2. The van der Waals surface area contributed by atoms with Crippen LogP contribution >= 0.6 is 0 Å². The van der Waals surface area contributed by atoms with Crippen molar-refractivity contribution in [2.24, 2.45) is 0 Å². The molecule has 0 saturated heterocycles. The number of amides is 4. The van der Waals surface area contributed by atoms with Crippen LogP contribution in [-0.2, 0) is 0 Å². The number of hydrogen-bond acceptors (Lipinski definition) is 4. The van der Waals surface area contributed by atoms with E-state index in [1.807, 2.05) is 208 Å². The topological polar surface area (TPSA) is 71.2 Å². The smallest absolute Gasteiger partial charge is 0.327 e. The van der Waals surface area contributed by atoms with Gasteiger partial charge in [-0.25, -0.2) is 19.4 Å². The summed E-state index contributed by atoms with van der Waals surface area (Å²) in [6.45, 7) is 4.01. The molecule has 8 nitrogen and oxygen atoms in total. The fourth-order valence-electron chi connectivity index (χ4n) is 5.81. The summed E-state index contributed by atoms with van der Waals surface area (Å²) in [5.74, 6) is 0.831. The van der Waals surface area contributed by atoms with E-state index in [4.69, 9.17) is 0 Å². The standard InChI is InChI=1S/C44H42N6O2/c1-33-25-29-39(30-26-33)49(43(51)45-35-17-9-5-10-18-35)41(47(3)37-21-13-7-14-22-37)42(48(4)38-23-15-8-16-24-38)50(40-31-27-34(2)28-32-40)44(52)46-36-19-11-6-12-20-36/h5-32H,1-4H3,(H,45,51)(H,46,52)/b42-41+. The highest BCUT2D eigenvalue weighted by Crippen LogP contribution is 2.35. The van der Waals surface area contributed by atoms with E-state index in [1.54, 1.807) is 9.80 Å². The highest BCUT2D eigenvalue weighted by Gasteiger charge is 2.35. The summed E-state index contributed by atoms with van der Waals surface area (Å²) in [4.78, 5) is 37.0. The first-order valence-electron chi connectivity index (χ1n) is 17.1. The Labute approximate surface area is 305 Å². The lowest BCUT2D eigenvalue weighted by Gasteiger charge is -2.40. The van der Waals surface area contributed by atoms with Crippen molar-refractivity contribution in [1.29, 1.82) is 0 Å². The second-order valence-electron chi connectivity index (χ2n) is 12.4. The largest absolute Gasteiger partial charge is 0.332 e. The quantitative estimate of drug-likeness (QED) is 0.150. The Kier molecular flexibility index (Phi) is 11.0. The van der Waals surface area contributed by atoms with Crippen molar-refractivity contribution in [2.75, 3.05) is 44.3 Å². The molecule has 6 rings (SSSR count). The van der Waals surface area contributed by atoms with Gasteiger partial charge in [0.1, 0.15) is 0 Å². The highest BCUT2D eigenvalue weighted by molar-refractivity contribution is 6.08. The number of benzene rings is 6. The van der Waals surface area contributed by atoms with Gasteiger partial charge in [-0.05, 0) is 86.6 Å². The first-order chi connectivity index (χ1) is 25.3. The molecule has 0 aliphatic carbocycles. The van der Waals surface area contributed by atoms with E-state index < -0.39 is 12.1 Å². The minimum atomic E-state index is -0.417. The Bertz CT molecular complexity index is 1950. The molecule has 0 bridgehead atoms. The van der Waals surface area contributed by atoms with Gasteiger partial charge in [0, 0.05) is 36.8 Å². The Morgan fingerprint density at radius 2 is 0.673 bits per heavy atom. The molecule has 0 aromatic heterocycles. The molecule has 0 heterocycles. The third-order valence-corrected chi connectivity index (χ3v) is 8.59. The Balaban J connectivity index is 1.70. The number of hydrogen-bond donors (Lipinski definition) is 2. The Hall–Kier alpha value is -6.80. The summed E-state index contributed by atoms with van der Waals surface area (Å²) in [6, 6.07) is 53.0. The zero-order valence-corrected chi connectivity index (χ0v) is 29.8. The Morgan fingerprint density at radius 1 is 0.385 bits per heavy atom. The maximum Gasteiger partial charge on any atom is 0.332 e. The maximum atomic E-state index is 14.9. The number of carbonyl (C=O) groups is 2. The van der Waals surface area contributed by atoms with Gasteiger partial charge in [0.2, 0.25) is 0 Å². The van der Waals surface area contributed by atoms with Crippen molar-refractivity contribution in [3.8, 4) is 0 Å². The minimum Gasteiger partial charge on any atom is -0.327 e. The first-order valence-corrected chi connectivity index (χ1v) is 17.1. The number of nitrogens with one attached hydrogen (secondary N) is 2. The van der Waals surface area contributed by atoms with Crippen molar-refractivity contribution in [1.82, 2.24) is 0 Å². The molecule has 0 spiro atoms. The predicted molar refractivity (Wildman–Crippen MR) is 215 cm³/mol. The van der Waals surface area contributed by atoms with Crippen LogP contribution in [0.2, 0.25) is 0 Å². The molecule has 0 radical (unpaired) electrons. The van der Waals surface area contributed by atoms with Gasteiger partial charge >= 0.3 is 12.1 Å². The van der Waals surface area contributed by atoms with Crippen LogP contribution < -0.4 is 30.2 Å². The number of para-hydroxylation sites is 4. The monoisotopic (exact) mass is 686 g/mol. The van der Waals surface area contributed by atoms with Crippen LogP contribution in [0.25, 0.3) is 0 Å².